The van der Waals surface area contributed by atoms with Gasteiger partial charge in [-0.15, -0.1) is 0 Å². The van der Waals surface area contributed by atoms with Gasteiger partial charge >= 0.3 is 6.18 Å². The van der Waals surface area contributed by atoms with Gasteiger partial charge in [-0.1, -0.05) is 12.1 Å². The number of β-amino-alcohol motifs (C(OH)–C–C–N with tert-alkyl or cyclic N) is 1. The van der Waals surface area contributed by atoms with Crippen LogP contribution in [0.15, 0.2) is 42.6 Å². The zero-order valence-electron chi connectivity index (χ0n) is 12.5. The van der Waals surface area contributed by atoms with Crippen molar-refractivity contribution < 1.29 is 18.3 Å². The molecule has 3 rings (SSSR count). The summed E-state index contributed by atoms with van der Waals surface area (Å²) in [7, 11) is 0. The van der Waals surface area contributed by atoms with Crippen molar-refractivity contribution in [3.8, 4) is 6.07 Å². The first-order valence-electron chi connectivity index (χ1n) is 7.36. The molecule has 1 fully saturated rings. The molecular formula is C17H14F3N3O. The number of hydrogen-bond acceptors (Lipinski definition) is 4. The molecule has 24 heavy (non-hydrogen) atoms. The largest absolute Gasteiger partial charge is 0.416 e. The van der Waals surface area contributed by atoms with Crippen LogP contribution in [0.5, 0.6) is 0 Å². The molecule has 7 heteroatoms. The van der Waals surface area contributed by atoms with Gasteiger partial charge in [0.15, 0.2) is 0 Å². The lowest BCUT2D eigenvalue weighted by molar-refractivity contribution is -0.137. The van der Waals surface area contributed by atoms with E-state index >= 15 is 0 Å². The van der Waals surface area contributed by atoms with Gasteiger partial charge in [-0.2, -0.15) is 18.4 Å². The van der Waals surface area contributed by atoms with E-state index in [1.54, 1.807) is 23.1 Å². The van der Waals surface area contributed by atoms with Gasteiger partial charge in [0.2, 0.25) is 0 Å². The van der Waals surface area contributed by atoms with Crippen LogP contribution < -0.4 is 4.90 Å². The van der Waals surface area contributed by atoms with E-state index in [0.29, 0.717) is 23.4 Å². The summed E-state index contributed by atoms with van der Waals surface area (Å²) in [5.74, 6) is 0.466. The van der Waals surface area contributed by atoms with Gasteiger partial charge in [-0.3, -0.25) is 0 Å². The number of rotatable bonds is 2. The first-order valence-corrected chi connectivity index (χ1v) is 7.36. The molecule has 0 unspecified atom stereocenters. The van der Waals surface area contributed by atoms with Crippen LogP contribution in [-0.4, -0.2) is 22.7 Å². The van der Waals surface area contributed by atoms with E-state index in [2.05, 4.69) is 4.98 Å². The molecular weight excluding hydrogens is 319 g/mol. The Morgan fingerprint density at radius 2 is 2.04 bits per heavy atom. The Morgan fingerprint density at radius 1 is 1.25 bits per heavy atom. The molecule has 0 spiro atoms. The number of aliphatic hydroxyl groups is 1. The SMILES string of the molecule is N#Cc1ccnc(N2C[C@H](O)C[C@H]2c2cccc(C(F)(F)F)c2)c1. The zero-order valence-corrected chi connectivity index (χ0v) is 12.5. The smallest absolute Gasteiger partial charge is 0.391 e. The lowest BCUT2D eigenvalue weighted by atomic mass is 10.0. The Kier molecular flexibility index (Phi) is 4.16. The predicted octanol–water partition coefficient (Wildman–Crippen LogP) is 3.28. The maximum atomic E-state index is 12.9. The minimum Gasteiger partial charge on any atom is -0.391 e. The zero-order chi connectivity index (χ0) is 17.3. The Labute approximate surface area is 136 Å². The average Bonchev–Trinajstić information content (AvgIpc) is 2.96. The first kappa shape index (κ1) is 16.3. The highest BCUT2D eigenvalue weighted by molar-refractivity contribution is 5.49. The fraction of sp³-hybridized carbons (Fsp3) is 0.294. The molecule has 2 atom stereocenters. The summed E-state index contributed by atoms with van der Waals surface area (Å²) in [4.78, 5) is 5.93. The molecule has 1 aliphatic rings. The minimum absolute atomic E-state index is 0.253. The summed E-state index contributed by atoms with van der Waals surface area (Å²) in [5, 5.41) is 19.0. The van der Waals surface area contributed by atoms with Gasteiger partial charge in [0.05, 0.1) is 29.3 Å². The summed E-state index contributed by atoms with van der Waals surface area (Å²) < 4.78 is 38.8. The van der Waals surface area contributed by atoms with E-state index in [1.807, 2.05) is 6.07 Å². The normalized spacial score (nSPS) is 20.9. The second-order valence-electron chi connectivity index (χ2n) is 5.70. The highest BCUT2D eigenvalue weighted by Crippen LogP contribution is 2.38. The van der Waals surface area contributed by atoms with Crippen molar-refractivity contribution in [1.29, 1.82) is 5.26 Å². The fourth-order valence-corrected chi connectivity index (χ4v) is 2.95. The molecule has 1 aromatic carbocycles. The molecule has 0 saturated carbocycles. The summed E-state index contributed by atoms with van der Waals surface area (Å²) in [6.07, 6.45) is -3.31. The molecule has 4 nitrogen and oxygen atoms in total. The predicted molar refractivity (Wildman–Crippen MR) is 81.1 cm³/mol. The standard InChI is InChI=1S/C17H14F3N3O/c18-17(19,20)13-3-1-2-12(7-13)15-8-14(24)10-23(15)16-6-11(9-21)4-5-22-16/h1-7,14-15,24H,8,10H2/t14-,15+/m1/s1. The monoisotopic (exact) mass is 333 g/mol. The van der Waals surface area contributed by atoms with Gasteiger partial charge in [0.25, 0.3) is 0 Å². The number of alkyl halides is 3. The quantitative estimate of drug-likeness (QED) is 0.916. The third-order valence-electron chi connectivity index (χ3n) is 4.05. The summed E-state index contributed by atoms with van der Waals surface area (Å²) in [5.41, 5.74) is 0.148. The second kappa shape index (κ2) is 6.13. The molecule has 0 amide bonds. The average molecular weight is 333 g/mol. The van der Waals surface area contributed by atoms with E-state index in [1.165, 1.54) is 12.3 Å². The van der Waals surface area contributed by atoms with Crippen LogP contribution in [0.1, 0.15) is 29.2 Å². The molecule has 1 aliphatic heterocycles. The van der Waals surface area contributed by atoms with Crippen LogP contribution in [0.2, 0.25) is 0 Å². The molecule has 0 radical (unpaired) electrons. The Morgan fingerprint density at radius 3 is 2.75 bits per heavy atom. The number of anilines is 1. The van der Waals surface area contributed by atoms with Gasteiger partial charge in [0, 0.05) is 12.7 Å². The number of nitrogens with zero attached hydrogens (tertiary/aromatic N) is 3. The molecule has 1 saturated heterocycles. The van der Waals surface area contributed by atoms with Gasteiger partial charge in [0.1, 0.15) is 5.82 Å². The van der Waals surface area contributed by atoms with Crippen molar-refractivity contribution in [1.82, 2.24) is 4.98 Å². The highest BCUT2D eigenvalue weighted by atomic mass is 19.4. The number of pyridine rings is 1. The van der Waals surface area contributed by atoms with Crippen molar-refractivity contribution in [3.63, 3.8) is 0 Å². The second-order valence-corrected chi connectivity index (χ2v) is 5.70. The maximum Gasteiger partial charge on any atom is 0.416 e. The Hall–Kier alpha value is -2.59. The summed E-state index contributed by atoms with van der Waals surface area (Å²) in [6.45, 7) is 0.253. The van der Waals surface area contributed by atoms with Crippen LogP contribution in [0.25, 0.3) is 0 Å². The van der Waals surface area contributed by atoms with Gasteiger partial charge in [-0.05, 0) is 36.2 Å². The third kappa shape index (κ3) is 3.19. The molecule has 2 aromatic rings. The molecule has 0 bridgehead atoms. The van der Waals surface area contributed by atoms with Crippen LogP contribution in [0.4, 0.5) is 19.0 Å². The van der Waals surface area contributed by atoms with Crippen LogP contribution in [-0.2, 0) is 6.18 Å². The summed E-state index contributed by atoms with van der Waals surface area (Å²) >= 11 is 0. The van der Waals surface area contributed by atoms with Gasteiger partial charge in [-0.25, -0.2) is 4.98 Å². The molecule has 124 valence electrons. The van der Waals surface area contributed by atoms with E-state index < -0.39 is 23.9 Å². The van der Waals surface area contributed by atoms with Crippen LogP contribution >= 0.6 is 0 Å². The Bertz CT molecular complexity index is 785. The number of aromatic nitrogens is 1. The Balaban J connectivity index is 1.98. The van der Waals surface area contributed by atoms with E-state index in [-0.39, 0.29) is 6.54 Å². The minimum atomic E-state index is -4.42. The van der Waals surface area contributed by atoms with Crippen molar-refractivity contribution >= 4 is 5.82 Å². The number of nitriles is 1. The molecule has 1 N–H and O–H groups in total. The molecule has 0 aliphatic carbocycles. The van der Waals surface area contributed by atoms with Gasteiger partial charge < -0.3 is 10.0 Å². The van der Waals surface area contributed by atoms with E-state index in [4.69, 9.17) is 5.26 Å². The van der Waals surface area contributed by atoms with Crippen LogP contribution in [0.3, 0.4) is 0 Å². The third-order valence-corrected chi connectivity index (χ3v) is 4.05. The maximum absolute atomic E-state index is 12.9. The lowest BCUT2D eigenvalue weighted by Gasteiger charge is -2.26. The van der Waals surface area contributed by atoms with E-state index in [9.17, 15) is 18.3 Å². The van der Waals surface area contributed by atoms with E-state index in [0.717, 1.165) is 12.1 Å². The van der Waals surface area contributed by atoms with Crippen molar-refractivity contribution in [2.24, 2.45) is 0 Å². The van der Waals surface area contributed by atoms with Crippen molar-refractivity contribution in [2.45, 2.75) is 24.7 Å². The number of hydrogen-bond donors (Lipinski definition) is 1. The number of halogens is 3. The van der Waals surface area contributed by atoms with Crippen molar-refractivity contribution in [2.75, 3.05) is 11.4 Å². The van der Waals surface area contributed by atoms with Crippen molar-refractivity contribution in [3.05, 3.63) is 59.3 Å². The summed E-state index contributed by atoms with van der Waals surface area (Å²) in [6, 6.07) is 9.79. The topological polar surface area (TPSA) is 60.2 Å². The number of benzene rings is 1. The lowest BCUT2D eigenvalue weighted by Crippen LogP contribution is -2.25. The molecule has 2 heterocycles. The fourth-order valence-electron chi connectivity index (χ4n) is 2.95. The first-order chi connectivity index (χ1) is 11.4. The van der Waals surface area contributed by atoms with Crippen LogP contribution in [0, 0.1) is 11.3 Å². The molecule has 1 aromatic heterocycles. The highest BCUT2D eigenvalue weighted by Gasteiger charge is 2.35. The number of aliphatic hydroxyl groups excluding tert-OH is 1.